The van der Waals surface area contributed by atoms with E-state index in [1.54, 1.807) is 0 Å². The molecule has 0 aliphatic rings. The summed E-state index contributed by atoms with van der Waals surface area (Å²) < 4.78 is 2.40. The van der Waals surface area contributed by atoms with Gasteiger partial charge in [-0.2, -0.15) is 0 Å². The molecule has 2 aromatic rings. The minimum absolute atomic E-state index is 0.634. The summed E-state index contributed by atoms with van der Waals surface area (Å²) in [6, 6.07) is 10.7. The molecule has 0 radical (unpaired) electrons. The summed E-state index contributed by atoms with van der Waals surface area (Å²) in [5, 5.41) is 3.18. The molecule has 18 heavy (non-hydrogen) atoms. The standard InChI is InChI=1S/C14H13Br3S/c15-8-10(6-13-7-12(16)9-18-13)5-11-3-1-2-4-14(11)17/h1-4,7,9-10H,5-6,8H2. The van der Waals surface area contributed by atoms with Crippen LogP contribution in [0.15, 0.2) is 44.7 Å². The van der Waals surface area contributed by atoms with Crippen molar-refractivity contribution in [3.8, 4) is 0 Å². The first-order valence-corrected chi connectivity index (χ1v) is 9.30. The van der Waals surface area contributed by atoms with E-state index < -0.39 is 0 Å². The lowest BCUT2D eigenvalue weighted by Crippen LogP contribution is -2.09. The van der Waals surface area contributed by atoms with Crippen molar-refractivity contribution < 1.29 is 0 Å². The maximum absolute atomic E-state index is 3.64. The van der Waals surface area contributed by atoms with Gasteiger partial charge in [0.1, 0.15) is 0 Å². The van der Waals surface area contributed by atoms with Crippen LogP contribution >= 0.6 is 59.1 Å². The smallest absolute Gasteiger partial charge is 0.0285 e. The Kier molecular flexibility index (Phi) is 5.93. The summed E-state index contributed by atoms with van der Waals surface area (Å²) in [7, 11) is 0. The van der Waals surface area contributed by atoms with Crippen LogP contribution in [0.1, 0.15) is 10.4 Å². The molecule has 0 amide bonds. The molecule has 1 atom stereocenters. The average molecular weight is 453 g/mol. The molecule has 0 bridgehead atoms. The van der Waals surface area contributed by atoms with Crippen LogP contribution in [0.2, 0.25) is 0 Å². The van der Waals surface area contributed by atoms with Gasteiger partial charge in [0, 0.05) is 24.5 Å². The van der Waals surface area contributed by atoms with Crippen LogP contribution in [0.25, 0.3) is 0 Å². The highest BCUT2D eigenvalue weighted by Crippen LogP contribution is 2.26. The normalized spacial score (nSPS) is 12.6. The third-order valence-electron chi connectivity index (χ3n) is 2.80. The summed E-state index contributed by atoms with van der Waals surface area (Å²) in [5.74, 6) is 0.634. The second-order valence-corrected chi connectivity index (χ2v) is 7.66. The number of hydrogen-bond acceptors (Lipinski definition) is 1. The molecule has 0 N–H and O–H groups in total. The number of rotatable bonds is 5. The molecule has 1 aromatic heterocycles. The fourth-order valence-electron chi connectivity index (χ4n) is 1.90. The van der Waals surface area contributed by atoms with Crippen LogP contribution in [0.4, 0.5) is 0 Å². The van der Waals surface area contributed by atoms with Crippen LogP contribution in [-0.2, 0) is 12.8 Å². The molecule has 96 valence electrons. The molecular formula is C14H13Br3S. The number of halogens is 3. The van der Waals surface area contributed by atoms with Crippen molar-refractivity contribution in [3.63, 3.8) is 0 Å². The monoisotopic (exact) mass is 450 g/mol. The van der Waals surface area contributed by atoms with Gasteiger partial charge in [-0.05, 0) is 52.4 Å². The Bertz CT molecular complexity index is 507. The Balaban J connectivity index is 2.04. The third kappa shape index (κ3) is 4.19. The zero-order chi connectivity index (χ0) is 13.0. The van der Waals surface area contributed by atoms with Crippen molar-refractivity contribution in [2.45, 2.75) is 12.8 Å². The zero-order valence-corrected chi connectivity index (χ0v) is 15.3. The Labute approximate surface area is 137 Å². The van der Waals surface area contributed by atoms with E-state index in [0.29, 0.717) is 5.92 Å². The highest BCUT2D eigenvalue weighted by atomic mass is 79.9. The van der Waals surface area contributed by atoms with Crippen molar-refractivity contribution in [1.82, 2.24) is 0 Å². The summed E-state index contributed by atoms with van der Waals surface area (Å²) >= 11 is 12.6. The van der Waals surface area contributed by atoms with Crippen LogP contribution in [0, 0.1) is 5.92 Å². The van der Waals surface area contributed by atoms with Crippen molar-refractivity contribution in [2.75, 3.05) is 5.33 Å². The summed E-state index contributed by atoms with van der Waals surface area (Å²) in [6.45, 7) is 0. The van der Waals surface area contributed by atoms with Crippen molar-refractivity contribution in [3.05, 3.63) is 55.1 Å². The number of hydrogen-bond donors (Lipinski definition) is 0. The quantitative estimate of drug-likeness (QED) is 0.483. The van der Waals surface area contributed by atoms with E-state index in [9.17, 15) is 0 Å². The molecular weight excluding hydrogens is 440 g/mol. The molecule has 0 spiro atoms. The van der Waals surface area contributed by atoms with Crippen LogP contribution in [0.3, 0.4) is 0 Å². The Morgan fingerprint density at radius 2 is 1.89 bits per heavy atom. The largest absolute Gasteiger partial charge is 0.148 e. The number of benzene rings is 1. The van der Waals surface area contributed by atoms with Crippen LogP contribution in [-0.4, -0.2) is 5.33 Å². The molecule has 0 aliphatic carbocycles. The minimum atomic E-state index is 0.634. The Morgan fingerprint density at radius 3 is 2.50 bits per heavy atom. The molecule has 0 fully saturated rings. The van der Waals surface area contributed by atoms with Gasteiger partial charge < -0.3 is 0 Å². The molecule has 0 saturated heterocycles. The lowest BCUT2D eigenvalue weighted by atomic mass is 9.97. The second kappa shape index (κ2) is 7.22. The van der Waals surface area contributed by atoms with Crippen molar-refractivity contribution in [2.24, 2.45) is 5.92 Å². The van der Waals surface area contributed by atoms with Gasteiger partial charge in [0.05, 0.1) is 0 Å². The molecule has 0 saturated carbocycles. The molecule has 4 heteroatoms. The minimum Gasteiger partial charge on any atom is -0.148 e. The zero-order valence-electron chi connectivity index (χ0n) is 9.70. The maximum Gasteiger partial charge on any atom is 0.0285 e. The van der Waals surface area contributed by atoms with E-state index >= 15 is 0 Å². The van der Waals surface area contributed by atoms with E-state index in [-0.39, 0.29) is 0 Å². The van der Waals surface area contributed by atoms with E-state index in [4.69, 9.17) is 0 Å². The van der Waals surface area contributed by atoms with Gasteiger partial charge >= 0.3 is 0 Å². The predicted octanol–water partition coefficient (Wildman–Crippen LogP) is 6.07. The highest BCUT2D eigenvalue weighted by molar-refractivity contribution is 9.10. The van der Waals surface area contributed by atoms with Crippen LogP contribution < -0.4 is 0 Å². The van der Waals surface area contributed by atoms with Gasteiger partial charge in [-0.15, -0.1) is 11.3 Å². The van der Waals surface area contributed by atoms with Gasteiger partial charge in [-0.1, -0.05) is 50.1 Å². The van der Waals surface area contributed by atoms with E-state index in [1.807, 2.05) is 11.3 Å². The van der Waals surface area contributed by atoms with Gasteiger partial charge in [0.25, 0.3) is 0 Å². The molecule has 1 aromatic carbocycles. The summed E-state index contributed by atoms with van der Waals surface area (Å²) in [4.78, 5) is 1.44. The maximum atomic E-state index is 3.64. The average Bonchev–Trinajstić information content (AvgIpc) is 2.76. The lowest BCUT2D eigenvalue weighted by Gasteiger charge is -2.14. The highest BCUT2D eigenvalue weighted by Gasteiger charge is 2.12. The Hall–Kier alpha value is 0.360. The second-order valence-electron chi connectivity index (χ2n) is 4.25. The Morgan fingerprint density at radius 1 is 1.11 bits per heavy atom. The van der Waals surface area contributed by atoms with Gasteiger partial charge in [-0.25, -0.2) is 0 Å². The van der Waals surface area contributed by atoms with E-state index in [2.05, 4.69) is 83.5 Å². The van der Waals surface area contributed by atoms with E-state index in [1.165, 1.54) is 19.4 Å². The van der Waals surface area contributed by atoms with E-state index in [0.717, 1.165) is 18.2 Å². The molecule has 0 nitrogen and oxygen atoms in total. The van der Waals surface area contributed by atoms with Gasteiger partial charge in [-0.3, -0.25) is 0 Å². The van der Waals surface area contributed by atoms with Gasteiger partial charge in [0.15, 0.2) is 0 Å². The first kappa shape index (κ1) is 14.8. The molecule has 0 aliphatic heterocycles. The first-order valence-electron chi connectivity index (χ1n) is 5.71. The topological polar surface area (TPSA) is 0 Å². The molecule has 1 unspecified atom stereocenters. The van der Waals surface area contributed by atoms with Crippen LogP contribution in [0.5, 0.6) is 0 Å². The van der Waals surface area contributed by atoms with Gasteiger partial charge in [0.2, 0.25) is 0 Å². The fraction of sp³-hybridized carbons (Fsp3) is 0.286. The third-order valence-corrected chi connectivity index (χ3v) is 6.21. The first-order chi connectivity index (χ1) is 8.69. The molecule has 1 heterocycles. The van der Waals surface area contributed by atoms with Crippen molar-refractivity contribution in [1.29, 1.82) is 0 Å². The summed E-state index contributed by atoms with van der Waals surface area (Å²) in [6.07, 6.45) is 2.23. The number of alkyl halides is 1. The summed E-state index contributed by atoms with van der Waals surface area (Å²) in [5.41, 5.74) is 1.39. The molecule has 2 rings (SSSR count). The van der Waals surface area contributed by atoms with Crippen molar-refractivity contribution >= 4 is 59.1 Å². The fourth-order valence-corrected chi connectivity index (χ4v) is 4.37. The predicted molar refractivity (Wildman–Crippen MR) is 90.9 cm³/mol. The number of thiophene rings is 1. The SMILES string of the molecule is BrCC(Cc1cc(Br)cs1)Cc1ccccc1Br. The lowest BCUT2D eigenvalue weighted by molar-refractivity contribution is 0.595.